The van der Waals surface area contributed by atoms with Crippen molar-refractivity contribution in [3.63, 3.8) is 0 Å². The zero-order valence-corrected chi connectivity index (χ0v) is 12.8. The van der Waals surface area contributed by atoms with E-state index in [4.69, 9.17) is 4.74 Å². The summed E-state index contributed by atoms with van der Waals surface area (Å²) < 4.78 is 4.82. The minimum atomic E-state index is -1.11. The zero-order valence-electron chi connectivity index (χ0n) is 12.8. The van der Waals surface area contributed by atoms with Crippen LogP contribution in [0.2, 0.25) is 0 Å². The Morgan fingerprint density at radius 2 is 1.86 bits per heavy atom. The van der Waals surface area contributed by atoms with Crippen LogP contribution in [0.5, 0.6) is 0 Å². The van der Waals surface area contributed by atoms with Gasteiger partial charge in [-0.25, -0.2) is 4.79 Å². The summed E-state index contributed by atoms with van der Waals surface area (Å²) in [5.41, 5.74) is 0. The Morgan fingerprint density at radius 3 is 2.38 bits per heavy atom. The Bertz CT molecular complexity index is 376. The van der Waals surface area contributed by atoms with Crippen LogP contribution in [0.4, 0.5) is 0 Å². The lowest BCUT2D eigenvalue weighted by atomic mass is 9.88. The molecule has 0 saturated heterocycles. The van der Waals surface area contributed by atoms with Crippen molar-refractivity contribution in [1.29, 1.82) is 0 Å². The van der Waals surface area contributed by atoms with Gasteiger partial charge in [-0.3, -0.25) is 9.59 Å². The van der Waals surface area contributed by atoms with Gasteiger partial charge in [0.25, 0.3) is 0 Å². The van der Waals surface area contributed by atoms with Crippen molar-refractivity contribution in [2.75, 3.05) is 6.61 Å². The molecular formula is C15H25NO5. The first-order chi connectivity index (χ1) is 9.95. The van der Waals surface area contributed by atoms with Crippen molar-refractivity contribution in [3.8, 4) is 0 Å². The standard InChI is InChI=1S/C15H25NO5/c1-3-21-12(17)9-10(2)13(15(19)20)16-14(18)11-7-5-4-6-8-11/h10-11,13H,3-9H2,1-2H3,(H,16,18)(H,19,20)/t10-,13+/m0/s1. The molecule has 0 aromatic heterocycles. The van der Waals surface area contributed by atoms with E-state index in [9.17, 15) is 19.5 Å². The highest BCUT2D eigenvalue weighted by Crippen LogP contribution is 2.24. The summed E-state index contributed by atoms with van der Waals surface area (Å²) in [7, 11) is 0. The number of carboxylic acids is 1. The van der Waals surface area contributed by atoms with Crippen LogP contribution in [-0.4, -0.2) is 35.6 Å². The molecule has 0 unspecified atom stereocenters. The quantitative estimate of drug-likeness (QED) is 0.698. The van der Waals surface area contributed by atoms with E-state index in [0.717, 1.165) is 32.1 Å². The largest absolute Gasteiger partial charge is 0.480 e. The van der Waals surface area contributed by atoms with Crippen LogP contribution in [-0.2, 0) is 19.1 Å². The molecule has 6 heteroatoms. The molecule has 21 heavy (non-hydrogen) atoms. The molecule has 1 amide bonds. The van der Waals surface area contributed by atoms with E-state index < -0.39 is 23.9 Å². The number of nitrogens with one attached hydrogen (secondary N) is 1. The second-order valence-corrected chi connectivity index (χ2v) is 5.65. The van der Waals surface area contributed by atoms with Crippen molar-refractivity contribution in [2.24, 2.45) is 11.8 Å². The van der Waals surface area contributed by atoms with Gasteiger partial charge in [0.15, 0.2) is 0 Å². The van der Waals surface area contributed by atoms with Gasteiger partial charge in [0, 0.05) is 5.92 Å². The average molecular weight is 299 g/mol. The van der Waals surface area contributed by atoms with Gasteiger partial charge in [0.2, 0.25) is 5.91 Å². The summed E-state index contributed by atoms with van der Waals surface area (Å²) >= 11 is 0. The van der Waals surface area contributed by atoms with E-state index >= 15 is 0 Å². The lowest BCUT2D eigenvalue weighted by Gasteiger charge is -2.25. The molecule has 0 aliphatic heterocycles. The Kier molecular flexibility index (Phi) is 7.19. The van der Waals surface area contributed by atoms with Gasteiger partial charge in [0.1, 0.15) is 6.04 Å². The third kappa shape index (κ3) is 5.73. The number of carbonyl (C=O) groups is 3. The lowest BCUT2D eigenvalue weighted by Crippen LogP contribution is -2.48. The van der Waals surface area contributed by atoms with E-state index in [1.165, 1.54) is 0 Å². The summed E-state index contributed by atoms with van der Waals surface area (Å²) in [6.45, 7) is 3.59. The minimum Gasteiger partial charge on any atom is -0.480 e. The number of aliphatic carboxylic acids is 1. The molecule has 2 atom stereocenters. The molecule has 0 aromatic carbocycles. The molecule has 0 radical (unpaired) electrons. The summed E-state index contributed by atoms with van der Waals surface area (Å²) in [5.74, 6) is -2.37. The van der Waals surface area contributed by atoms with Gasteiger partial charge < -0.3 is 15.2 Å². The summed E-state index contributed by atoms with van der Waals surface area (Å²) in [6, 6.07) is -1.05. The molecular weight excluding hydrogens is 274 g/mol. The first-order valence-corrected chi connectivity index (χ1v) is 7.64. The molecule has 0 heterocycles. The Labute approximate surface area is 125 Å². The van der Waals surface area contributed by atoms with Gasteiger partial charge in [-0.15, -0.1) is 0 Å². The molecule has 6 nitrogen and oxygen atoms in total. The molecule has 1 aliphatic carbocycles. The van der Waals surface area contributed by atoms with E-state index in [1.54, 1.807) is 13.8 Å². The van der Waals surface area contributed by atoms with Crippen LogP contribution < -0.4 is 5.32 Å². The smallest absolute Gasteiger partial charge is 0.326 e. The average Bonchev–Trinajstić information content (AvgIpc) is 2.45. The number of esters is 1. The second kappa shape index (κ2) is 8.64. The Hall–Kier alpha value is -1.59. The molecule has 1 rings (SSSR count). The molecule has 1 fully saturated rings. The fourth-order valence-electron chi connectivity index (χ4n) is 2.68. The molecule has 1 saturated carbocycles. The summed E-state index contributed by atoms with van der Waals surface area (Å²) in [6.07, 6.45) is 4.75. The van der Waals surface area contributed by atoms with Crippen molar-refractivity contribution >= 4 is 17.8 Å². The predicted molar refractivity (Wildman–Crippen MR) is 76.6 cm³/mol. The van der Waals surface area contributed by atoms with Gasteiger partial charge in [-0.2, -0.15) is 0 Å². The van der Waals surface area contributed by atoms with Gasteiger partial charge in [0.05, 0.1) is 13.0 Å². The van der Waals surface area contributed by atoms with Crippen LogP contribution in [0, 0.1) is 11.8 Å². The van der Waals surface area contributed by atoms with Crippen molar-refractivity contribution in [3.05, 3.63) is 0 Å². The summed E-state index contributed by atoms with van der Waals surface area (Å²) in [5, 5.41) is 11.9. The van der Waals surface area contributed by atoms with E-state index in [0.29, 0.717) is 0 Å². The highest BCUT2D eigenvalue weighted by atomic mass is 16.5. The van der Waals surface area contributed by atoms with Gasteiger partial charge in [-0.1, -0.05) is 26.2 Å². The molecule has 0 bridgehead atoms. The van der Waals surface area contributed by atoms with Crippen molar-refractivity contribution < 1.29 is 24.2 Å². The number of carbonyl (C=O) groups excluding carboxylic acids is 2. The van der Waals surface area contributed by atoms with E-state index in [2.05, 4.69) is 5.32 Å². The fourth-order valence-corrected chi connectivity index (χ4v) is 2.68. The molecule has 2 N–H and O–H groups in total. The Morgan fingerprint density at radius 1 is 1.24 bits per heavy atom. The number of hydrogen-bond acceptors (Lipinski definition) is 4. The van der Waals surface area contributed by atoms with E-state index in [1.807, 2.05) is 0 Å². The SMILES string of the molecule is CCOC(=O)C[C@H](C)[C@@H](NC(=O)C1CCCCC1)C(=O)O. The van der Waals surface area contributed by atoms with Crippen LogP contribution in [0.3, 0.4) is 0 Å². The Balaban J connectivity index is 2.57. The molecule has 0 aromatic rings. The van der Waals surface area contributed by atoms with Crippen LogP contribution >= 0.6 is 0 Å². The third-order valence-electron chi connectivity index (χ3n) is 3.90. The van der Waals surface area contributed by atoms with E-state index in [-0.39, 0.29) is 24.9 Å². The number of rotatable bonds is 7. The molecule has 120 valence electrons. The van der Waals surface area contributed by atoms with Gasteiger partial charge in [-0.05, 0) is 25.7 Å². The minimum absolute atomic E-state index is 0.0181. The van der Waals surface area contributed by atoms with Crippen LogP contribution in [0.15, 0.2) is 0 Å². The maximum atomic E-state index is 12.1. The van der Waals surface area contributed by atoms with Crippen molar-refractivity contribution in [2.45, 2.75) is 58.4 Å². The summed E-state index contributed by atoms with van der Waals surface area (Å²) in [4.78, 5) is 34.9. The maximum absolute atomic E-state index is 12.1. The van der Waals surface area contributed by atoms with Gasteiger partial charge >= 0.3 is 11.9 Å². The van der Waals surface area contributed by atoms with Crippen LogP contribution in [0.25, 0.3) is 0 Å². The first-order valence-electron chi connectivity index (χ1n) is 7.64. The third-order valence-corrected chi connectivity index (χ3v) is 3.90. The highest BCUT2D eigenvalue weighted by Gasteiger charge is 2.31. The number of carboxylic acid groups (broad SMARTS) is 1. The highest BCUT2D eigenvalue weighted by molar-refractivity contribution is 5.85. The maximum Gasteiger partial charge on any atom is 0.326 e. The molecule has 0 spiro atoms. The van der Waals surface area contributed by atoms with Crippen molar-refractivity contribution in [1.82, 2.24) is 5.32 Å². The zero-order chi connectivity index (χ0) is 15.8. The number of hydrogen-bond donors (Lipinski definition) is 2. The second-order valence-electron chi connectivity index (χ2n) is 5.65. The first kappa shape index (κ1) is 17.5. The fraction of sp³-hybridized carbons (Fsp3) is 0.800. The topological polar surface area (TPSA) is 92.7 Å². The number of amides is 1. The monoisotopic (exact) mass is 299 g/mol. The normalized spacial score (nSPS) is 18.6. The lowest BCUT2D eigenvalue weighted by molar-refractivity contribution is -0.147. The molecule has 1 aliphatic rings. The number of ether oxygens (including phenoxy) is 1. The van der Waals surface area contributed by atoms with Crippen LogP contribution in [0.1, 0.15) is 52.4 Å². The predicted octanol–water partition coefficient (Wildman–Crippen LogP) is 1.73.